The maximum atomic E-state index is 13.7. The van der Waals surface area contributed by atoms with E-state index in [0.29, 0.717) is 0 Å². The number of aliphatic imine (C=N–C) groups is 2. The molecule has 1 aromatic rings. The number of hydrogen-bond donors (Lipinski definition) is 3. The Morgan fingerprint density at radius 3 is 2.25 bits per heavy atom. The molecule has 0 unspecified atom stereocenters. The second kappa shape index (κ2) is 6.45. The summed E-state index contributed by atoms with van der Waals surface area (Å²) in [4.78, 5) is 18.1. The fraction of sp³-hybridized carbons (Fsp3) is 0.182. The first-order valence-corrected chi connectivity index (χ1v) is 5.45. The quantitative estimate of drug-likeness (QED) is 0.419. The van der Waals surface area contributed by atoms with Crippen LogP contribution in [0, 0.1) is 11.6 Å². The lowest BCUT2D eigenvalue weighted by molar-refractivity contribution is 0.0525. The molecule has 0 aliphatic rings. The molecule has 0 aliphatic carbocycles. The molecule has 0 fully saturated rings. The summed E-state index contributed by atoms with van der Waals surface area (Å²) in [5, 5.41) is 0. The summed E-state index contributed by atoms with van der Waals surface area (Å²) in [7, 11) is 0. The van der Waals surface area contributed by atoms with E-state index in [2.05, 4.69) is 14.7 Å². The van der Waals surface area contributed by atoms with Crippen LogP contribution in [-0.4, -0.2) is 24.5 Å². The number of esters is 1. The van der Waals surface area contributed by atoms with Gasteiger partial charge in [-0.1, -0.05) is 0 Å². The highest BCUT2D eigenvalue weighted by atomic mass is 19.1. The average Bonchev–Trinajstić information content (AvgIpc) is 2.33. The largest absolute Gasteiger partial charge is 0.462 e. The second-order valence-electron chi connectivity index (χ2n) is 3.52. The Hall–Kier alpha value is -2.71. The van der Waals surface area contributed by atoms with Crippen molar-refractivity contribution in [2.45, 2.75) is 6.92 Å². The molecule has 0 atom stereocenters. The summed E-state index contributed by atoms with van der Waals surface area (Å²) < 4.78 is 32.0. The van der Waals surface area contributed by atoms with Crippen LogP contribution in [0.1, 0.15) is 17.3 Å². The molecule has 0 heterocycles. The van der Waals surface area contributed by atoms with Crippen LogP contribution < -0.4 is 17.2 Å². The van der Waals surface area contributed by atoms with Gasteiger partial charge in [0.2, 0.25) is 5.96 Å². The number of halogens is 2. The van der Waals surface area contributed by atoms with Gasteiger partial charge in [0.1, 0.15) is 5.69 Å². The van der Waals surface area contributed by atoms with Crippen LogP contribution in [0.2, 0.25) is 0 Å². The monoisotopic (exact) mass is 285 g/mol. The Morgan fingerprint density at radius 1 is 1.25 bits per heavy atom. The van der Waals surface area contributed by atoms with Crippen molar-refractivity contribution in [3.63, 3.8) is 0 Å². The number of carbonyl (C=O) groups excluding carboxylic acids is 1. The number of benzene rings is 1. The molecule has 108 valence electrons. The van der Waals surface area contributed by atoms with Gasteiger partial charge in [0.25, 0.3) is 0 Å². The third kappa shape index (κ3) is 3.90. The molecule has 0 saturated carbocycles. The van der Waals surface area contributed by atoms with Crippen molar-refractivity contribution in [2.24, 2.45) is 27.2 Å². The van der Waals surface area contributed by atoms with E-state index in [1.54, 1.807) is 6.92 Å². The van der Waals surface area contributed by atoms with E-state index in [1.807, 2.05) is 0 Å². The minimum Gasteiger partial charge on any atom is -0.462 e. The predicted octanol–water partition coefficient (Wildman–Crippen LogP) is 0.361. The fourth-order valence-corrected chi connectivity index (χ4v) is 1.28. The number of guanidine groups is 2. The first-order valence-electron chi connectivity index (χ1n) is 5.45. The van der Waals surface area contributed by atoms with Gasteiger partial charge in [-0.25, -0.2) is 18.6 Å². The molecule has 0 bridgehead atoms. The molecular formula is C11H13F2N5O2. The van der Waals surface area contributed by atoms with E-state index < -0.39 is 35.2 Å². The Morgan fingerprint density at radius 2 is 1.80 bits per heavy atom. The minimum atomic E-state index is -1.10. The van der Waals surface area contributed by atoms with Gasteiger partial charge in [-0.05, 0) is 19.1 Å². The highest BCUT2D eigenvalue weighted by Crippen LogP contribution is 2.24. The molecule has 0 radical (unpaired) electrons. The third-order valence-electron chi connectivity index (χ3n) is 2.00. The number of rotatable bonds is 3. The standard InChI is InChI=1S/C11H13F2N5O2/c1-2-20-9(19)5-3-6(12)8(7(13)4-5)17-11(16)18-10(14)15/h3-4H,2H2,1H3,(H6,14,15,16,17,18). The summed E-state index contributed by atoms with van der Waals surface area (Å²) in [6.07, 6.45) is 0. The van der Waals surface area contributed by atoms with Gasteiger partial charge in [0.05, 0.1) is 12.2 Å². The van der Waals surface area contributed by atoms with Crippen LogP contribution in [0.5, 0.6) is 0 Å². The lowest BCUT2D eigenvalue weighted by Gasteiger charge is -2.05. The first kappa shape index (κ1) is 15.3. The topological polar surface area (TPSA) is 129 Å². The lowest BCUT2D eigenvalue weighted by atomic mass is 10.2. The van der Waals surface area contributed by atoms with Crippen molar-refractivity contribution in [1.29, 1.82) is 0 Å². The smallest absolute Gasteiger partial charge is 0.338 e. The maximum Gasteiger partial charge on any atom is 0.338 e. The average molecular weight is 285 g/mol. The van der Waals surface area contributed by atoms with Gasteiger partial charge in [-0.2, -0.15) is 4.99 Å². The zero-order valence-electron chi connectivity index (χ0n) is 10.6. The van der Waals surface area contributed by atoms with E-state index in [0.717, 1.165) is 12.1 Å². The molecule has 6 N–H and O–H groups in total. The number of hydrogen-bond acceptors (Lipinski definition) is 3. The van der Waals surface area contributed by atoms with Crippen LogP contribution in [0.3, 0.4) is 0 Å². The van der Waals surface area contributed by atoms with E-state index in [4.69, 9.17) is 17.2 Å². The van der Waals surface area contributed by atoms with Gasteiger partial charge < -0.3 is 21.9 Å². The summed E-state index contributed by atoms with van der Waals surface area (Å²) in [6, 6.07) is 1.56. The third-order valence-corrected chi connectivity index (χ3v) is 2.00. The van der Waals surface area contributed by atoms with Gasteiger partial charge >= 0.3 is 5.97 Å². The van der Waals surface area contributed by atoms with Gasteiger partial charge in [-0.3, -0.25) is 0 Å². The van der Waals surface area contributed by atoms with Crippen molar-refractivity contribution >= 4 is 23.6 Å². The molecule has 0 spiro atoms. The lowest BCUT2D eigenvalue weighted by Crippen LogP contribution is -2.26. The number of nitrogens with zero attached hydrogens (tertiary/aromatic N) is 2. The highest BCUT2D eigenvalue weighted by Gasteiger charge is 2.16. The van der Waals surface area contributed by atoms with Gasteiger partial charge in [0, 0.05) is 0 Å². The zero-order valence-corrected chi connectivity index (χ0v) is 10.6. The highest BCUT2D eigenvalue weighted by molar-refractivity contribution is 5.94. The number of nitrogens with two attached hydrogens (primary N) is 3. The Bertz CT molecular complexity index is 559. The van der Waals surface area contributed by atoms with Crippen molar-refractivity contribution in [3.8, 4) is 0 Å². The number of carbonyl (C=O) groups is 1. The van der Waals surface area contributed by atoms with Crippen molar-refractivity contribution in [1.82, 2.24) is 0 Å². The van der Waals surface area contributed by atoms with Crippen LogP contribution in [-0.2, 0) is 4.74 Å². The van der Waals surface area contributed by atoms with Gasteiger partial charge in [0.15, 0.2) is 17.6 Å². The van der Waals surface area contributed by atoms with Gasteiger partial charge in [-0.15, -0.1) is 0 Å². The van der Waals surface area contributed by atoms with Crippen LogP contribution in [0.15, 0.2) is 22.1 Å². The molecule has 0 aliphatic heterocycles. The second-order valence-corrected chi connectivity index (χ2v) is 3.52. The summed E-state index contributed by atoms with van der Waals surface area (Å²) in [5.74, 6) is -3.97. The van der Waals surface area contributed by atoms with Crippen molar-refractivity contribution in [2.75, 3.05) is 6.61 Å². The van der Waals surface area contributed by atoms with Crippen molar-refractivity contribution in [3.05, 3.63) is 29.3 Å². The zero-order chi connectivity index (χ0) is 15.3. The van der Waals surface area contributed by atoms with Crippen LogP contribution in [0.25, 0.3) is 0 Å². The summed E-state index contributed by atoms with van der Waals surface area (Å²) >= 11 is 0. The molecule has 0 saturated heterocycles. The van der Waals surface area contributed by atoms with E-state index in [-0.39, 0.29) is 12.2 Å². The molecule has 20 heavy (non-hydrogen) atoms. The Labute approximate surface area is 113 Å². The Balaban J connectivity index is 3.19. The number of ether oxygens (including phenoxy) is 1. The molecule has 7 nitrogen and oxygen atoms in total. The summed E-state index contributed by atoms with van der Waals surface area (Å²) in [5.41, 5.74) is 14.4. The summed E-state index contributed by atoms with van der Waals surface area (Å²) in [6.45, 7) is 1.65. The molecule has 1 aromatic carbocycles. The van der Waals surface area contributed by atoms with E-state index in [1.165, 1.54) is 0 Å². The first-order chi connectivity index (χ1) is 9.35. The molecule has 0 aromatic heterocycles. The molecule has 1 rings (SSSR count). The SMILES string of the molecule is CCOC(=O)c1cc(F)c(N=C(N)N=C(N)N)c(F)c1. The van der Waals surface area contributed by atoms with Crippen LogP contribution >= 0.6 is 0 Å². The Kier molecular flexibility index (Phi) is 4.95. The molecule has 0 amide bonds. The maximum absolute atomic E-state index is 13.7. The fourth-order valence-electron chi connectivity index (χ4n) is 1.28. The van der Waals surface area contributed by atoms with Crippen molar-refractivity contribution < 1.29 is 18.3 Å². The van der Waals surface area contributed by atoms with Crippen LogP contribution in [0.4, 0.5) is 14.5 Å². The minimum absolute atomic E-state index is 0.0828. The molecular weight excluding hydrogens is 272 g/mol. The predicted molar refractivity (Wildman–Crippen MR) is 69.4 cm³/mol. The van der Waals surface area contributed by atoms with E-state index >= 15 is 0 Å². The van der Waals surface area contributed by atoms with E-state index in [9.17, 15) is 13.6 Å². The normalized spacial score (nSPS) is 11.1. The molecule has 9 heteroatoms.